The van der Waals surface area contributed by atoms with Crippen molar-refractivity contribution in [2.45, 2.75) is 18.8 Å². The second-order valence-electron chi connectivity index (χ2n) is 9.31. The number of Topliss-reactive ketones (excluding diaryl/α,β-unsaturated/α-hetero) is 1. The number of rotatable bonds is 6. The van der Waals surface area contributed by atoms with Gasteiger partial charge < -0.3 is 9.47 Å². The highest BCUT2D eigenvalue weighted by atomic mass is 19.1. The first-order valence-electron chi connectivity index (χ1n) is 11.9. The number of likely N-dealkylation sites (tertiary alicyclic amines) is 1. The van der Waals surface area contributed by atoms with Gasteiger partial charge in [-0.1, -0.05) is 0 Å². The highest BCUT2D eigenvalue weighted by Gasteiger charge is 2.58. The van der Waals surface area contributed by atoms with Crippen LogP contribution in [0.4, 0.5) is 10.1 Å². The average molecular weight is 523 g/mol. The molecule has 2 aromatic carbocycles. The fourth-order valence-corrected chi connectivity index (χ4v) is 4.96. The van der Waals surface area contributed by atoms with Crippen LogP contribution in [0.3, 0.4) is 0 Å². The number of carbonyl (C=O) groups excluding carboxylic acids is 4. The molecule has 38 heavy (non-hydrogen) atoms. The number of hydrogen-bond acceptors (Lipinski definition) is 9. The van der Waals surface area contributed by atoms with Gasteiger partial charge in [-0.2, -0.15) is 0 Å². The molecule has 1 fully saturated rings. The Hall–Kier alpha value is -4.45. The summed E-state index contributed by atoms with van der Waals surface area (Å²) in [7, 11) is 0. The lowest BCUT2D eigenvalue weighted by Gasteiger charge is -2.39. The van der Waals surface area contributed by atoms with Crippen LogP contribution in [0.1, 0.15) is 39.1 Å². The van der Waals surface area contributed by atoms with Crippen LogP contribution >= 0.6 is 0 Å². The molecule has 2 aromatic rings. The fraction of sp³-hybridized carbons (Fsp3) is 0.308. The van der Waals surface area contributed by atoms with Gasteiger partial charge in [0.2, 0.25) is 0 Å². The van der Waals surface area contributed by atoms with Crippen LogP contribution in [-0.4, -0.2) is 64.5 Å². The lowest BCUT2D eigenvalue weighted by atomic mass is 9.95. The molecule has 0 aliphatic carbocycles. The third kappa shape index (κ3) is 4.65. The van der Waals surface area contributed by atoms with Crippen molar-refractivity contribution >= 4 is 29.3 Å². The maximum atomic E-state index is 13.5. The standard InChI is InChI=1S/C26H22FN3O8/c27-18-3-1-17(2-4-18)22(31)15-28-11-9-16(10-12-28)14-29-25(34)20-13-19(30(35)36)5-6-21(20)26(29)37-23(32)7-8-24(33)38-26/h1-8,13,16H,9-12,14-15H2. The molecule has 1 saturated heterocycles. The number of esters is 2. The SMILES string of the molecule is O=C1C=CC(=O)OC2(O1)c1ccc([N+](=O)[O-])cc1C(=O)N2CC1CCN(CC(=O)c2ccc(F)cc2)CC1. The molecule has 11 nitrogen and oxygen atoms in total. The van der Waals surface area contributed by atoms with Crippen LogP contribution in [-0.2, 0) is 25.0 Å². The summed E-state index contributed by atoms with van der Waals surface area (Å²) in [6, 6.07) is 8.82. The lowest BCUT2D eigenvalue weighted by molar-refractivity contribution is -0.384. The first-order chi connectivity index (χ1) is 18.2. The van der Waals surface area contributed by atoms with E-state index in [2.05, 4.69) is 0 Å². The highest BCUT2D eigenvalue weighted by Crippen LogP contribution is 2.44. The first-order valence-corrected chi connectivity index (χ1v) is 11.9. The van der Waals surface area contributed by atoms with Gasteiger partial charge in [0, 0.05) is 36.4 Å². The normalized spacial score (nSPS) is 19.2. The fourth-order valence-electron chi connectivity index (χ4n) is 4.96. The summed E-state index contributed by atoms with van der Waals surface area (Å²) in [6.45, 7) is 1.26. The molecule has 0 N–H and O–H groups in total. The molecular weight excluding hydrogens is 501 g/mol. The van der Waals surface area contributed by atoms with Gasteiger partial charge in [0.05, 0.1) is 22.6 Å². The zero-order valence-corrected chi connectivity index (χ0v) is 20.0. The van der Waals surface area contributed by atoms with E-state index in [1.54, 1.807) is 0 Å². The number of nitrogens with zero attached hydrogens (tertiary/aromatic N) is 3. The highest BCUT2D eigenvalue weighted by molar-refractivity contribution is 6.02. The largest absolute Gasteiger partial charge is 0.396 e. The Bertz CT molecular complexity index is 1350. The summed E-state index contributed by atoms with van der Waals surface area (Å²) in [5, 5.41) is 11.3. The Kier molecular flexibility index (Phi) is 6.49. The maximum Gasteiger partial charge on any atom is 0.375 e. The van der Waals surface area contributed by atoms with Gasteiger partial charge in [-0.15, -0.1) is 0 Å². The number of benzene rings is 2. The van der Waals surface area contributed by atoms with E-state index in [1.807, 2.05) is 4.90 Å². The molecule has 1 amide bonds. The van der Waals surface area contributed by atoms with E-state index in [1.165, 1.54) is 30.3 Å². The predicted octanol–water partition coefficient (Wildman–Crippen LogP) is 2.55. The number of hydrogen-bond donors (Lipinski definition) is 0. The van der Waals surface area contributed by atoms with Crippen LogP contribution in [0.15, 0.2) is 54.6 Å². The third-order valence-corrected chi connectivity index (χ3v) is 6.90. The number of piperidine rings is 1. The molecular formula is C26H22FN3O8. The molecule has 0 unspecified atom stereocenters. The number of fused-ring (bicyclic) bond motifs is 2. The van der Waals surface area contributed by atoms with Crippen molar-refractivity contribution in [1.82, 2.24) is 9.80 Å². The van der Waals surface area contributed by atoms with Crippen LogP contribution in [0.2, 0.25) is 0 Å². The maximum absolute atomic E-state index is 13.5. The summed E-state index contributed by atoms with van der Waals surface area (Å²) in [5.41, 5.74) is 0.0121. The predicted molar refractivity (Wildman–Crippen MR) is 127 cm³/mol. The average Bonchev–Trinajstić information content (AvgIpc) is 2.99. The Morgan fingerprint density at radius 3 is 2.26 bits per heavy atom. The van der Waals surface area contributed by atoms with Gasteiger partial charge in [-0.25, -0.2) is 14.0 Å². The van der Waals surface area contributed by atoms with Crippen molar-refractivity contribution in [3.63, 3.8) is 0 Å². The van der Waals surface area contributed by atoms with Crippen LogP contribution in [0.5, 0.6) is 0 Å². The lowest BCUT2D eigenvalue weighted by Crippen LogP contribution is -2.52. The molecule has 0 aromatic heterocycles. The molecule has 3 aliphatic rings. The smallest absolute Gasteiger partial charge is 0.375 e. The minimum Gasteiger partial charge on any atom is -0.396 e. The Balaban J connectivity index is 1.33. The van der Waals surface area contributed by atoms with Crippen molar-refractivity contribution in [1.29, 1.82) is 0 Å². The number of ether oxygens (including phenoxy) is 2. The third-order valence-electron chi connectivity index (χ3n) is 6.90. The van der Waals surface area contributed by atoms with E-state index >= 15 is 0 Å². The Morgan fingerprint density at radius 1 is 1.03 bits per heavy atom. The zero-order valence-electron chi connectivity index (χ0n) is 20.0. The van der Waals surface area contributed by atoms with Gasteiger partial charge in [-0.3, -0.25) is 29.5 Å². The molecule has 3 aliphatic heterocycles. The van der Waals surface area contributed by atoms with E-state index in [0.29, 0.717) is 31.5 Å². The molecule has 0 radical (unpaired) electrons. The number of nitro benzene ring substituents is 1. The van der Waals surface area contributed by atoms with Crippen molar-refractivity contribution in [3.05, 3.63) is 87.2 Å². The quantitative estimate of drug-likeness (QED) is 0.242. The molecule has 0 bridgehead atoms. The molecule has 5 rings (SSSR count). The minimum atomic E-state index is -2.19. The molecule has 12 heteroatoms. The monoisotopic (exact) mass is 523 g/mol. The number of ketones is 1. The van der Waals surface area contributed by atoms with Crippen molar-refractivity contribution in [2.24, 2.45) is 5.92 Å². The molecule has 0 atom stereocenters. The number of amides is 1. The Labute approximate surface area is 215 Å². The van der Waals surface area contributed by atoms with Gasteiger partial charge in [0.15, 0.2) is 5.78 Å². The van der Waals surface area contributed by atoms with E-state index in [-0.39, 0.29) is 41.6 Å². The number of halogens is 1. The number of nitro groups is 1. The van der Waals surface area contributed by atoms with Crippen molar-refractivity contribution in [3.8, 4) is 0 Å². The minimum absolute atomic E-state index is 0.0285. The molecule has 1 spiro atoms. The van der Waals surface area contributed by atoms with Crippen molar-refractivity contribution < 1.29 is 38.0 Å². The summed E-state index contributed by atoms with van der Waals surface area (Å²) in [4.78, 5) is 64.5. The second kappa shape index (κ2) is 9.78. The van der Waals surface area contributed by atoms with Gasteiger partial charge in [0.1, 0.15) is 5.82 Å². The van der Waals surface area contributed by atoms with Gasteiger partial charge >= 0.3 is 17.8 Å². The van der Waals surface area contributed by atoms with E-state index in [9.17, 15) is 33.7 Å². The topological polar surface area (TPSA) is 136 Å². The summed E-state index contributed by atoms with van der Waals surface area (Å²) >= 11 is 0. The molecule has 3 heterocycles. The van der Waals surface area contributed by atoms with Crippen LogP contribution in [0.25, 0.3) is 0 Å². The zero-order chi connectivity index (χ0) is 27.0. The number of non-ortho nitro benzene ring substituents is 1. The second-order valence-corrected chi connectivity index (χ2v) is 9.31. The van der Waals surface area contributed by atoms with Crippen LogP contribution < -0.4 is 0 Å². The Morgan fingerprint density at radius 2 is 1.66 bits per heavy atom. The van der Waals surface area contributed by atoms with Gasteiger partial charge in [-0.05, 0) is 62.2 Å². The van der Waals surface area contributed by atoms with Gasteiger partial charge in [0.25, 0.3) is 11.6 Å². The molecule has 196 valence electrons. The van der Waals surface area contributed by atoms with E-state index in [4.69, 9.17) is 9.47 Å². The van der Waals surface area contributed by atoms with Crippen LogP contribution in [0, 0.1) is 21.8 Å². The summed E-state index contributed by atoms with van der Waals surface area (Å²) in [6.07, 6.45) is 2.93. The number of carbonyl (C=O) groups is 4. The summed E-state index contributed by atoms with van der Waals surface area (Å²) in [5.74, 6) is -5.34. The molecule has 0 saturated carbocycles. The van der Waals surface area contributed by atoms with E-state index in [0.717, 1.165) is 29.2 Å². The van der Waals surface area contributed by atoms with E-state index < -0.39 is 34.5 Å². The van der Waals surface area contributed by atoms with Crippen molar-refractivity contribution in [2.75, 3.05) is 26.2 Å². The summed E-state index contributed by atoms with van der Waals surface area (Å²) < 4.78 is 24.1. The first kappa shape index (κ1) is 25.2.